The number of ether oxygens (including phenoxy) is 2. The number of aromatic nitrogens is 1. The predicted molar refractivity (Wildman–Crippen MR) is 79.2 cm³/mol. The largest absolute Gasteiger partial charge is 0.490 e. The van der Waals surface area contributed by atoms with Crippen molar-refractivity contribution in [1.29, 1.82) is 0 Å². The van der Waals surface area contributed by atoms with E-state index in [9.17, 15) is 5.11 Å². The first kappa shape index (κ1) is 14.8. The highest BCUT2D eigenvalue weighted by atomic mass is 16.5. The molecule has 2 rings (SSSR count). The van der Waals surface area contributed by atoms with Gasteiger partial charge in [0.1, 0.15) is 18.5 Å². The molecule has 0 bridgehead atoms. The normalized spacial score (nSPS) is 13.0. The van der Waals surface area contributed by atoms with Gasteiger partial charge in [0.25, 0.3) is 0 Å². The van der Waals surface area contributed by atoms with Gasteiger partial charge in [0, 0.05) is 37.3 Å². The molecule has 0 amide bonds. The Morgan fingerprint density at radius 1 is 1.35 bits per heavy atom. The molecule has 5 heteroatoms. The number of hydrogen-bond donors (Lipinski definition) is 2. The van der Waals surface area contributed by atoms with E-state index in [4.69, 9.17) is 9.47 Å². The van der Waals surface area contributed by atoms with Crippen LogP contribution in [0.3, 0.4) is 0 Å². The van der Waals surface area contributed by atoms with E-state index >= 15 is 0 Å². The van der Waals surface area contributed by atoms with E-state index in [-0.39, 0.29) is 6.61 Å². The molecule has 0 saturated carbocycles. The average molecular weight is 278 g/mol. The number of nitrogens with one attached hydrogen (secondary N) is 1. The number of rotatable bonds is 8. The van der Waals surface area contributed by atoms with Crippen LogP contribution in [0.25, 0.3) is 10.9 Å². The van der Waals surface area contributed by atoms with Crippen LogP contribution in [0.1, 0.15) is 0 Å². The van der Waals surface area contributed by atoms with Gasteiger partial charge in [0.2, 0.25) is 0 Å². The van der Waals surface area contributed by atoms with Crippen LogP contribution in [0.2, 0.25) is 0 Å². The molecule has 1 aromatic heterocycles. The molecule has 0 aliphatic heterocycles. The lowest BCUT2D eigenvalue weighted by molar-refractivity contribution is 0.0673. The first-order chi connectivity index (χ1) is 9.70. The van der Waals surface area contributed by atoms with Crippen molar-refractivity contribution in [2.45, 2.75) is 6.10 Å². The van der Waals surface area contributed by atoms with E-state index in [1.54, 1.807) is 7.11 Å². The zero-order valence-electron chi connectivity index (χ0n) is 12.0. The molecule has 0 fully saturated rings. The molecule has 1 unspecified atom stereocenters. The molecule has 0 spiro atoms. The maximum atomic E-state index is 9.99. The van der Waals surface area contributed by atoms with Crippen LogP contribution in [-0.4, -0.2) is 61.6 Å². The summed E-state index contributed by atoms with van der Waals surface area (Å²) in [6.07, 6.45) is 1.36. The smallest absolute Gasteiger partial charge is 0.128 e. The van der Waals surface area contributed by atoms with E-state index in [0.717, 1.165) is 23.2 Å². The van der Waals surface area contributed by atoms with Crippen LogP contribution in [0.4, 0.5) is 0 Å². The minimum absolute atomic E-state index is 0.279. The average Bonchev–Trinajstić information content (AvgIpc) is 2.91. The van der Waals surface area contributed by atoms with Crippen LogP contribution in [-0.2, 0) is 4.74 Å². The van der Waals surface area contributed by atoms with Gasteiger partial charge >= 0.3 is 0 Å². The molecule has 0 saturated heterocycles. The third-order valence-corrected chi connectivity index (χ3v) is 3.19. The Hall–Kier alpha value is -1.56. The van der Waals surface area contributed by atoms with Crippen LogP contribution in [0.5, 0.6) is 5.75 Å². The Balaban J connectivity index is 1.84. The van der Waals surface area contributed by atoms with Crippen molar-refractivity contribution in [3.05, 3.63) is 30.5 Å². The Morgan fingerprint density at radius 2 is 2.20 bits per heavy atom. The summed E-state index contributed by atoms with van der Waals surface area (Å²) in [5.74, 6) is 0.794. The molecule has 1 atom stereocenters. The monoisotopic (exact) mass is 278 g/mol. The number of aliphatic hydroxyl groups excluding tert-OH is 1. The zero-order valence-corrected chi connectivity index (χ0v) is 12.0. The maximum absolute atomic E-state index is 9.99. The predicted octanol–water partition coefficient (Wildman–Crippen LogP) is 1.49. The van der Waals surface area contributed by atoms with Crippen molar-refractivity contribution in [2.24, 2.45) is 0 Å². The van der Waals surface area contributed by atoms with Gasteiger partial charge in [-0.1, -0.05) is 6.07 Å². The Morgan fingerprint density at radius 3 is 3.00 bits per heavy atom. The van der Waals surface area contributed by atoms with Crippen LogP contribution >= 0.6 is 0 Å². The second-order valence-electron chi connectivity index (χ2n) is 4.91. The lowest BCUT2D eigenvalue weighted by Gasteiger charge is -2.20. The summed E-state index contributed by atoms with van der Waals surface area (Å²) in [4.78, 5) is 5.16. The van der Waals surface area contributed by atoms with Crippen molar-refractivity contribution in [3.63, 3.8) is 0 Å². The summed E-state index contributed by atoms with van der Waals surface area (Å²) in [7, 11) is 3.63. The minimum atomic E-state index is -0.522. The van der Waals surface area contributed by atoms with Gasteiger partial charge in [-0.05, 0) is 25.2 Å². The standard InChI is InChI=1S/C15H22N2O3/c1-17(8-9-19-2)10-12(18)11-20-15-5-3-4-14-13(15)6-7-16-14/h3-7,12,16,18H,8-11H2,1-2H3. The highest BCUT2D eigenvalue weighted by Gasteiger charge is 2.10. The van der Waals surface area contributed by atoms with Crippen molar-refractivity contribution >= 4 is 10.9 Å². The number of fused-ring (bicyclic) bond motifs is 1. The van der Waals surface area contributed by atoms with E-state index in [0.29, 0.717) is 13.2 Å². The zero-order chi connectivity index (χ0) is 14.4. The SMILES string of the molecule is COCCN(C)CC(O)COc1cccc2[nH]ccc12. The molecule has 5 nitrogen and oxygen atoms in total. The highest BCUT2D eigenvalue weighted by Crippen LogP contribution is 2.24. The molecule has 0 radical (unpaired) electrons. The van der Waals surface area contributed by atoms with Crippen LogP contribution in [0.15, 0.2) is 30.5 Å². The molecular weight excluding hydrogens is 256 g/mol. The summed E-state index contributed by atoms with van der Waals surface area (Å²) in [6, 6.07) is 7.82. The second kappa shape index (κ2) is 7.28. The Bertz CT molecular complexity index is 527. The molecule has 110 valence electrons. The molecule has 20 heavy (non-hydrogen) atoms. The topological polar surface area (TPSA) is 57.7 Å². The Kier molecular flexibility index (Phi) is 5.40. The number of H-pyrrole nitrogens is 1. The van der Waals surface area contributed by atoms with E-state index in [1.807, 2.05) is 42.4 Å². The molecule has 1 heterocycles. The van der Waals surface area contributed by atoms with Crippen molar-refractivity contribution in [1.82, 2.24) is 9.88 Å². The number of aliphatic hydroxyl groups is 1. The summed E-state index contributed by atoms with van der Waals surface area (Å²) in [5, 5.41) is 11.0. The van der Waals surface area contributed by atoms with Gasteiger partial charge in [0.05, 0.1) is 6.61 Å². The summed E-state index contributed by atoms with van der Waals surface area (Å²) >= 11 is 0. The van der Waals surface area contributed by atoms with E-state index in [2.05, 4.69) is 4.98 Å². The molecule has 2 N–H and O–H groups in total. The number of aromatic amines is 1. The third-order valence-electron chi connectivity index (χ3n) is 3.19. The van der Waals surface area contributed by atoms with Gasteiger partial charge in [-0.25, -0.2) is 0 Å². The van der Waals surface area contributed by atoms with Gasteiger partial charge in [-0.3, -0.25) is 0 Å². The van der Waals surface area contributed by atoms with Crippen molar-refractivity contribution in [2.75, 3.05) is 40.5 Å². The fraction of sp³-hybridized carbons (Fsp3) is 0.467. The van der Waals surface area contributed by atoms with Gasteiger partial charge < -0.3 is 24.5 Å². The minimum Gasteiger partial charge on any atom is -0.490 e. The molecule has 1 aromatic carbocycles. The molecule has 2 aromatic rings. The molecule has 0 aliphatic rings. The summed E-state index contributed by atoms with van der Waals surface area (Å²) in [6.45, 7) is 2.29. The first-order valence-electron chi connectivity index (χ1n) is 6.75. The third kappa shape index (κ3) is 3.96. The van der Waals surface area contributed by atoms with Gasteiger partial charge in [0.15, 0.2) is 0 Å². The van der Waals surface area contributed by atoms with Crippen molar-refractivity contribution in [3.8, 4) is 5.75 Å². The number of methoxy groups -OCH3 is 1. The lowest BCUT2D eigenvalue weighted by atomic mass is 10.2. The number of likely N-dealkylation sites (N-methyl/N-ethyl adjacent to an activating group) is 1. The quantitative estimate of drug-likeness (QED) is 0.768. The molecule has 0 aliphatic carbocycles. The lowest BCUT2D eigenvalue weighted by Crippen LogP contribution is -2.34. The van der Waals surface area contributed by atoms with E-state index < -0.39 is 6.10 Å². The van der Waals surface area contributed by atoms with Crippen LogP contribution < -0.4 is 4.74 Å². The number of hydrogen-bond acceptors (Lipinski definition) is 4. The summed E-state index contributed by atoms with van der Waals surface area (Å²) < 4.78 is 10.7. The number of nitrogens with zero attached hydrogens (tertiary/aromatic N) is 1. The first-order valence-corrected chi connectivity index (χ1v) is 6.75. The number of benzene rings is 1. The highest BCUT2D eigenvalue weighted by molar-refractivity contribution is 5.85. The van der Waals surface area contributed by atoms with Gasteiger partial charge in [-0.2, -0.15) is 0 Å². The maximum Gasteiger partial charge on any atom is 0.128 e. The van der Waals surface area contributed by atoms with Gasteiger partial charge in [-0.15, -0.1) is 0 Å². The second-order valence-corrected chi connectivity index (χ2v) is 4.91. The van der Waals surface area contributed by atoms with Crippen molar-refractivity contribution < 1.29 is 14.6 Å². The fourth-order valence-corrected chi connectivity index (χ4v) is 2.12. The van der Waals surface area contributed by atoms with Crippen LogP contribution in [0, 0.1) is 0 Å². The Labute approximate surface area is 119 Å². The summed E-state index contributed by atoms with van der Waals surface area (Å²) in [5.41, 5.74) is 1.04. The fourth-order valence-electron chi connectivity index (χ4n) is 2.12. The van der Waals surface area contributed by atoms with E-state index in [1.165, 1.54) is 0 Å². The molecular formula is C15H22N2O3.